The number of benzene rings is 2. The zero-order valence-corrected chi connectivity index (χ0v) is 15.7. The summed E-state index contributed by atoms with van der Waals surface area (Å²) < 4.78 is 23.9. The fourth-order valence-corrected chi connectivity index (χ4v) is 2.31. The molecule has 140 valence electrons. The van der Waals surface area contributed by atoms with Gasteiger partial charge in [-0.3, -0.25) is 4.79 Å². The summed E-state index contributed by atoms with van der Waals surface area (Å²) in [5.41, 5.74) is 1.28. The zero-order valence-electron chi connectivity index (χ0n) is 15.7. The number of hydrogen-bond donors (Lipinski definition) is 1. The first kappa shape index (κ1) is 19.8. The van der Waals surface area contributed by atoms with Crippen molar-refractivity contribution in [2.45, 2.75) is 39.2 Å². The highest BCUT2D eigenvalue weighted by molar-refractivity contribution is 5.80. The Hall–Kier alpha value is -2.56. The second-order valence-corrected chi connectivity index (χ2v) is 7.13. The van der Waals surface area contributed by atoms with Gasteiger partial charge in [-0.2, -0.15) is 0 Å². The van der Waals surface area contributed by atoms with E-state index in [4.69, 9.17) is 9.47 Å². The van der Waals surface area contributed by atoms with Crippen LogP contribution >= 0.6 is 0 Å². The molecular formula is C21H26FNO3. The maximum Gasteiger partial charge on any atom is 0.260 e. The van der Waals surface area contributed by atoms with E-state index in [0.29, 0.717) is 24.7 Å². The van der Waals surface area contributed by atoms with Crippen molar-refractivity contribution in [3.63, 3.8) is 0 Å². The molecule has 2 rings (SSSR count). The highest BCUT2D eigenvalue weighted by Crippen LogP contribution is 2.24. The van der Waals surface area contributed by atoms with Crippen molar-refractivity contribution in [1.82, 2.24) is 5.32 Å². The van der Waals surface area contributed by atoms with Crippen LogP contribution in [0.5, 0.6) is 11.5 Å². The van der Waals surface area contributed by atoms with Crippen molar-refractivity contribution in [2.75, 3.05) is 13.2 Å². The monoisotopic (exact) mass is 359 g/mol. The topological polar surface area (TPSA) is 47.6 Å². The standard InChI is InChI=1S/C21H26FNO3/c1-15(26-19-9-5-16(6-10-19)21(2,3)4)20(24)23-13-14-25-18-11-7-17(22)8-12-18/h5-12,15H,13-14H2,1-4H3,(H,23,24)/t15-/m1/s1. The van der Waals surface area contributed by atoms with E-state index in [2.05, 4.69) is 26.1 Å². The van der Waals surface area contributed by atoms with Crippen LogP contribution in [0.1, 0.15) is 33.3 Å². The molecule has 1 N–H and O–H groups in total. The quantitative estimate of drug-likeness (QED) is 0.758. The highest BCUT2D eigenvalue weighted by Gasteiger charge is 2.16. The third kappa shape index (κ3) is 6.06. The molecular weight excluding hydrogens is 333 g/mol. The first-order chi connectivity index (χ1) is 12.3. The number of rotatable bonds is 7. The molecule has 0 bridgehead atoms. The largest absolute Gasteiger partial charge is 0.492 e. The van der Waals surface area contributed by atoms with Crippen LogP contribution in [-0.2, 0) is 10.2 Å². The van der Waals surface area contributed by atoms with Crippen LogP contribution in [0.3, 0.4) is 0 Å². The summed E-state index contributed by atoms with van der Waals surface area (Å²) in [6, 6.07) is 13.5. The number of amides is 1. The summed E-state index contributed by atoms with van der Waals surface area (Å²) in [6.45, 7) is 8.78. The van der Waals surface area contributed by atoms with E-state index < -0.39 is 6.10 Å². The van der Waals surface area contributed by atoms with Gasteiger partial charge in [0, 0.05) is 0 Å². The minimum absolute atomic E-state index is 0.0754. The third-order valence-electron chi connectivity index (χ3n) is 3.89. The van der Waals surface area contributed by atoms with E-state index in [1.54, 1.807) is 19.1 Å². The molecule has 2 aromatic carbocycles. The molecule has 5 heteroatoms. The molecule has 0 fully saturated rings. The predicted molar refractivity (Wildman–Crippen MR) is 100 cm³/mol. The Morgan fingerprint density at radius 3 is 2.19 bits per heavy atom. The molecule has 0 aliphatic heterocycles. The molecule has 0 aromatic heterocycles. The van der Waals surface area contributed by atoms with Gasteiger partial charge in [-0.25, -0.2) is 4.39 Å². The fraction of sp³-hybridized carbons (Fsp3) is 0.381. The Bertz CT molecular complexity index is 706. The summed E-state index contributed by atoms with van der Waals surface area (Å²) in [4.78, 5) is 12.1. The molecule has 0 saturated heterocycles. The van der Waals surface area contributed by atoms with Gasteiger partial charge in [-0.05, 0) is 54.3 Å². The lowest BCUT2D eigenvalue weighted by molar-refractivity contribution is -0.127. The summed E-state index contributed by atoms with van der Waals surface area (Å²) in [5.74, 6) is 0.687. The third-order valence-corrected chi connectivity index (χ3v) is 3.89. The van der Waals surface area contributed by atoms with Gasteiger partial charge in [-0.1, -0.05) is 32.9 Å². The fourth-order valence-electron chi connectivity index (χ4n) is 2.31. The first-order valence-corrected chi connectivity index (χ1v) is 8.69. The Labute approximate surface area is 154 Å². The normalized spacial score (nSPS) is 12.3. The molecule has 0 saturated carbocycles. The molecule has 1 amide bonds. The van der Waals surface area contributed by atoms with Gasteiger partial charge in [0.15, 0.2) is 6.10 Å². The average Bonchev–Trinajstić information content (AvgIpc) is 2.59. The van der Waals surface area contributed by atoms with E-state index in [-0.39, 0.29) is 17.1 Å². The van der Waals surface area contributed by atoms with Crippen molar-refractivity contribution in [2.24, 2.45) is 0 Å². The zero-order chi connectivity index (χ0) is 19.2. The molecule has 0 radical (unpaired) electrons. The Morgan fingerprint density at radius 1 is 1.04 bits per heavy atom. The molecule has 26 heavy (non-hydrogen) atoms. The van der Waals surface area contributed by atoms with Crippen LogP contribution in [0.25, 0.3) is 0 Å². The van der Waals surface area contributed by atoms with Gasteiger partial charge < -0.3 is 14.8 Å². The van der Waals surface area contributed by atoms with Crippen LogP contribution in [0.4, 0.5) is 4.39 Å². The average molecular weight is 359 g/mol. The van der Waals surface area contributed by atoms with Crippen LogP contribution < -0.4 is 14.8 Å². The highest BCUT2D eigenvalue weighted by atomic mass is 19.1. The van der Waals surface area contributed by atoms with Crippen molar-refractivity contribution < 1.29 is 18.7 Å². The van der Waals surface area contributed by atoms with Crippen LogP contribution in [0.2, 0.25) is 0 Å². The van der Waals surface area contributed by atoms with Crippen molar-refractivity contribution in [1.29, 1.82) is 0 Å². The molecule has 0 heterocycles. The van der Waals surface area contributed by atoms with Crippen molar-refractivity contribution in [3.05, 3.63) is 59.9 Å². The Kier molecular flexibility index (Phi) is 6.61. The van der Waals surface area contributed by atoms with Gasteiger partial charge >= 0.3 is 0 Å². The number of nitrogens with one attached hydrogen (secondary N) is 1. The smallest absolute Gasteiger partial charge is 0.260 e. The number of ether oxygens (including phenoxy) is 2. The maximum absolute atomic E-state index is 12.8. The molecule has 2 aromatic rings. The summed E-state index contributed by atoms with van der Waals surface area (Å²) in [5, 5.41) is 2.76. The van der Waals surface area contributed by atoms with E-state index >= 15 is 0 Å². The number of hydrogen-bond acceptors (Lipinski definition) is 3. The van der Waals surface area contributed by atoms with E-state index in [9.17, 15) is 9.18 Å². The number of carbonyl (C=O) groups excluding carboxylic acids is 1. The lowest BCUT2D eigenvalue weighted by Crippen LogP contribution is -2.38. The lowest BCUT2D eigenvalue weighted by Gasteiger charge is -2.20. The molecule has 4 nitrogen and oxygen atoms in total. The van der Waals surface area contributed by atoms with E-state index in [1.165, 1.54) is 17.7 Å². The predicted octanol–water partition coefficient (Wildman–Crippen LogP) is 4.09. The van der Waals surface area contributed by atoms with Crippen molar-refractivity contribution in [3.8, 4) is 11.5 Å². The molecule has 0 unspecified atom stereocenters. The Morgan fingerprint density at radius 2 is 1.62 bits per heavy atom. The molecule has 0 aliphatic rings. The number of halogens is 1. The van der Waals surface area contributed by atoms with Crippen LogP contribution in [-0.4, -0.2) is 25.2 Å². The lowest BCUT2D eigenvalue weighted by atomic mass is 9.87. The summed E-state index contributed by atoms with van der Waals surface area (Å²) >= 11 is 0. The first-order valence-electron chi connectivity index (χ1n) is 8.69. The van der Waals surface area contributed by atoms with Crippen molar-refractivity contribution >= 4 is 5.91 Å². The molecule has 0 aliphatic carbocycles. The van der Waals surface area contributed by atoms with Gasteiger partial charge in [0.1, 0.15) is 23.9 Å². The van der Waals surface area contributed by atoms with Gasteiger partial charge in [0.05, 0.1) is 6.54 Å². The summed E-state index contributed by atoms with van der Waals surface area (Å²) in [6.07, 6.45) is -0.610. The number of carbonyl (C=O) groups is 1. The second-order valence-electron chi connectivity index (χ2n) is 7.13. The van der Waals surface area contributed by atoms with Crippen LogP contribution in [0, 0.1) is 5.82 Å². The minimum atomic E-state index is -0.610. The van der Waals surface area contributed by atoms with Crippen LogP contribution in [0.15, 0.2) is 48.5 Å². The Balaban J connectivity index is 1.74. The van der Waals surface area contributed by atoms with E-state index in [0.717, 1.165) is 0 Å². The van der Waals surface area contributed by atoms with Gasteiger partial charge in [0.25, 0.3) is 5.91 Å². The van der Waals surface area contributed by atoms with E-state index in [1.807, 2.05) is 24.3 Å². The molecule has 1 atom stereocenters. The SMILES string of the molecule is C[C@@H](Oc1ccc(C(C)(C)C)cc1)C(=O)NCCOc1ccc(F)cc1. The second kappa shape index (κ2) is 8.70. The summed E-state index contributed by atoms with van der Waals surface area (Å²) in [7, 11) is 0. The maximum atomic E-state index is 12.8. The van der Waals surface area contributed by atoms with Gasteiger partial charge in [-0.15, -0.1) is 0 Å². The minimum Gasteiger partial charge on any atom is -0.492 e. The molecule has 0 spiro atoms. The van der Waals surface area contributed by atoms with Gasteiger partial charge in [0.2, 0.25) is 0 Å².